The van der Waals surface area contributed by atoms with E-state index in [4.69, 9.17) is 0 Å². The highest BCUT2D eigenvalue weighted by Crippen LogP contribution is 2.65. The Labute approximate surface area is 259 Å². The van der Waals surface area contributed by atoms with Gasteiger partial charge in [-0.2, -0.15) is 5.26 Å². The van der Waals surface area contributed by atoms with Crippen molar-refractivity contribution in [3.63, 3.8) is 0 Å². The van der Waals surface area contributed by atoms with Crippen molar-refractivity contribution in [2.45, 2.75) is 113 Å². The Kier molecular flexibility index (Phi) is 8.79. The van der Waals surface area contributed by atoms with Crippen molar-refractivity contribution in [2.24, 2.45) is 39.4 Å². The van der Waals surface area contributed by atoms with Gasteiger partial charge < -0.3 is 5.32 Å². The molecule has 3 aliphatic rings. The second-order valence-electron chi connectivity index (χ2n) is 15.9. The van der Waals surface area contributed by atoms with Gasteiger partial charge in [0.15, 0.2) is 11.6 Å². The van der Waals surface area contributed by atoms with Crippen molar-refractivity contribution < 1.29 is 14.4 Å². The predicted octanol–water partition coefficient (Wildman–Crippen LogP) is 8.41. The zero-order valence-electron chi connectivity index (χ0n) is 27.9. The van der Waals surface area contributed by atoms with Gasteiger partial charge in [-0.25, -0.2) is 0 Å². The molecule has 3 aliphatic carbocycles. The molecule has 2 saturated carbocycles. The first-order chi connectivity index (χ1) is 19.9. The lowest BCUT2D eigenvalue weighted by Gasteiger charge is -2.60. The quantitative estimate of drug-likeness (QED) is 0.326. The van der Waals surface area contributed by atoms with Crippen LogP contribution < -0.4 is 5.32 Å². The summed E-state index contributed by atoms with van der Waals surface area (Å²) in [5.41, 5.74) is 0.700. The summed E-state index contributed by atoms with van der Waals surface area (Å²) < 4.78 is 0. The summed E-state index contributed by atoms with van der Waals surface area (Å²) in [4.78, 5) is 39.4. The minimum Gasteiger partial charge on any atom is -0.346 e. The number of carbonyl (C=O) groups is 3. The molecule has 2 fully saturated rings. The smallest absolute Gasteiger partial charge is 0.251 e. The number of nitrogens with one attached hydrogen (secondary N) is 1. The van der Waals surface area contributed by atoms with Crippen molar-refractivity contribution in [1.82, 2.24) is 5.32 Å². The van der Waals surface area contributed by atoms with Crippen LogP contribution in [0.3, 0.4) is 0 Å². The maximum atomic E-state index is 13.6. The van der Waals surface area contributed by atoms with Crippen LogP contribution in [0.5, 0.6) is 0 Å². The number of amides is 1. The van der Waals surface area contributed by atoms with Crippen molar-refractivity contribution in [3.8, 4) is 6.07 Å². The first kappa shape index (κ1) is 32.9. The second kappa shape index (κ2) is 11.5. The maximum Gasteiger partial charge on any atom is 0.251 e. The number of benzene rings is 1. The third-order valence-corrected chi connectivity index (χ3v) is 12.2. The van der Waals surface area contributed by atoms with E-state index in [-0.39, 0.29) is 56.7 Å². The molecule has 232 valence electrons. The second-order valence-corrected chi connectivity index (χ2v) is 15.9. The topological polar surface area (TPSA) is 87.0 Å². The number of rotatable bonds is 7. The lowest BCUT2D eigenvalue weighted by molar-refractivity contribution is -0.123. The minimum absolute atomic E-state index is 0.00918. The van der Waals surface area contributed by atoms with Gasteiger partial charge in [0.25, 0.3) is 5.91 Å². The van der Waals surface area contributed by atoms with E-state index in [1.807, 2.05) is 43.3 Å². The molecule has 1 unspecified atom stereocenters. The summed E-state index contributed by atoms with van der Waals surface area (Å²) in [6.45, 7) is 19.5. The molecule has 1 aromatic carbocycles. The lowest BCUT2D eigenvalue weighted by Crippen LogP contribution is -2.58. The summed E-state index contributed by atoms with van der Waals surface area (Å²) in [5.74, 6) is -0.0274. The standard InChI is InChI=1S/C38H52N2O3/c1-25-22-34(4,5)17-19-38(25,40-33(43)28-13-11-10-12-14-28)20-18-35(6,7)37(9)16-15-30-27(3)32(42)29(24-39)23-36(30,8)31(37)21-26(2)41/h10-14,21,23,25,27,30H,15-20,22H2,1-9H3,(H,40,43)/b31-21-/t25?,27-,30-,36-,37+,38-/m0/s1. The van der Waals surface area contributed by atoms with Crippen LogP contribution in [0.1, 0.15) is 118 Å². The Morgan fingerprint density at radius 3 is 2.30 bits per heavy atom. The highest BCUT2D eigenvalue weighted by atomic mass is 16.2. The fraction of sp³-hybridized carbons (Fsp3) is 0.632. The third-order valence-electron chi connectivity index (χ3n) is 12.2. The van der Waals surface area contributed by atoms with E-state index in [9.17, 15) is 19.6 Å². The largest absolute Gasteiger partial charge is 0.346 e. The average Bonchev–Trinajstić information content (AvgIpc) is 2.94. The van der Waals surface area contributed by atoms with Crippen LogP contribution in [-0.2, 0) is 9.59 Å². The number of ketones is 2. The molecule has 6 atom stereocenters. The van der Waals surface area contributed by atoms with E-state index >= 15 is 0 Å². The number of carbonyl (C=O) groups excluding carboxylic acids is 3. The van der Waals surface area contributed by atoms with Crippen LogP contribution in [0.25, 0.3) is 0 Å². The van der Waals surface area contributed by atoms with Gasteiger partial charge in [0.1, 0.15) is 6.07 Å². The molecule has 0 heterocycles. The Hall–Kier alpha value is -3.00. The van der Waals surface area contributed by atoms with Crippen LogP contribution in [0.4, 0.5) is 0 Å². The van der Waals surface area contributed by atoms with Crippen LogP contribution in [0.2, 0.25) is 0 Å². The molecular formula is C38H52N2O3. The van der Waals surface area contributed by atoms with Gasteiger partial charge in [-0.05, 0) is 98.2 Å². The monoisotopic (exact) mass is 584 g/mol. The Balaban J connectivity index is 1.72. The van der Waals surface area contributed by atoms with E-state index in [2.05, 4.69) is 59.9 Å². The number of nitrogens with zero attached hydrogens (tertiary/aromatic N) is 1. The highest BCUT2D eigenvalue weighted by Gasteiger charge is 2.58. The molecule has 0 aromatic heterocycles. The number of Topliss-reactive ketones (excluding diaryl/α,β-unsaturated/α-hetero) is 1. The average molecular weight is 585 g/mol. The number of hydrogen-bond donors (Lipinski definition) is 1. The molecule has 1 amide bonds. The summed E-state index contributed by atoms with van der Waals surface area (Å²) >= 11 is 0. The number of nitriles is 1. The molecule has 1 aromatic rings. The van der Waals surface area contributed by atoms with Gasteiger partial charge >= 0.3 is 0 Å². The molecule has 5 heteroatoms. The van der Waals surface area contributed by atoms with Crippen LogP contribution in [-0.4, -0.2) is 23.0 Å². The Bertz CT molecular complexity index is 1380. The first-order valence-corrected chi connectivity index (χ1v) is 16.2. The molecule has 0 saturated heterocycles. The van der Waals surface area contributed by atoms with Crippen molar-refractivity contribution in [1.29, 1.82) is 5.26 Å². The van der Waals surface area contributed by atoms with Gasteiger partial charge in [-0.15, -0.1) is 0 Å². The summed E-state index contributed by atoms with van der Waals surface area (Å²) in [6.07, 6.45) is 10.1. The fourth-order valence-corrected chi connectivity index (χ4v) is 8.99. The molecule has 4 rings (SSSR count). The van der Waals surface area contributed by atoms with Gasteiger partial charge in [0.2, 0.25) is 0 Å². The molecule has 0 bridgehead atoms. The van der Waals surface area contributed by atoms with Crippen molar-refractivity contribution in [2.75, 3.05) is 0 Å². The summed E-state index contributed by atoms with van der Waals surface area (Å²) in [6, 6.07) is 11.7. The van der Waals surface area contributed by atoms with E-state index in [0.29, 0.717) is 11.5 Å². The Morgan fingerprint density at radius 2 is 1.72 bits per heavy atom. The van der Waals surface area contributed by atoms with Crippen LogP contribution in [0, 0.1) is 50.7 Å². The van der Waals surface area contributed by atoms with E-state index in [1.165, 1.54) is 0 Å². The van der Waals surface area contributed by atoms with Gasteiger partial charge in [-0.1, -0.05) is 85.2 Å². The molecule has 0 radical (unpaired) electrons. The van der Waals surface area contributed by atoms with E-state index < -0.39 is 5.41 Å². The minimum atomic E-state index is -0.560. The zero-order valence-corrected chi connectivity index (χ0v) is 27.9. The molecule has 0 spiro atoms. The molecule has 43 heavy (non-hydrogen) atoms. The number of hydrogen-bond acceptors (Lipinski definition) is 4. The molecular weight excluding hydrogens is 532 g/mol. The van der Waals surface area contributed by atoms with Gasteiger partial charge in [0, 0.05) is 22.4 Å². The zero-order chi connectivity index (χ0) is 32.0. The van der Waals surface area contributed by atoms with Crippen molar-refractivity contribution >= 4 is 17.5 Å². The maximum absolute atomic E-state index is 13.6. The molecule has 5 nitrogen and oxygen atoms in total. The predicted molar refractivity (Wildman–Crippen MR) is 172 cm³/mol. The van der Waals surface area contributed by atoms with E-state index in [0.717, 1.165) is 50.5 Å². The molecule has 0 aliphatic heterocycles. The lowest BCUT2D eigenvalue weighted by atomic mass is 9.44. The first-order valence-electron chi connectivity index (χ1n) is 16.2. The number of fused-ring (bicyclic) bond motifs is 1. The molecule has 1 N–H and O–H groups in total. The Morgan fingerprint density at radius 1 is 1.07 bits per heavy atom. The van der Waals surface area contributed by atoms with Crippen molar-refractivity contribution in [3.05, 3.63) is 59.2 Å². The SMILES string of the molecule is CC(=O)/C=C1/[C@@]2(C)C=C(C#N)C(=O)[C@@H](C)[C@@H]2CC[C@@]1(C)C(C)(C)CC[C@@]1(NC(=O)c2ccccc2)CCC(C)(C)CC1C. The number of allylic oxidation sites excluding steroid dienone is 4. The normalized spacial score (nSPS) is 35.0. The van der Waals surface area contributed by atoms with Crippen LogP contribution >= 0.6 is 0 Å². The summed E-state index contributed by atoms with van der Waals surface area (Å²) in [7, 11) is 0. The third kappa shape index (κ3) is 5.92. The van der Waals surface area contributed by atoms with Gasteiger partial charge in [0.05, 0.1) is 5.57 Å². The summed E-state index contributed by atoms with van der Waals surface area (Å²) in [5, 5.41) is 13.4. The van der Waals surface area contributed by atoms with E-state index in [1.54, 1.807) is 13.0 Å². The van der Waals surface area contributed by atoms with Crippen LogP contribution in [0.15, 0.2) is 53.6 Å². The van der Waals surface area contributed by atoms with Gasteiger partial charge in [-0.3, -0.25) is 14.4 Å². The fourth-order valence-electron chi connectivity index (χ4n) is 8.99. The highest BCUT2D eigenvalue weighted by molar-refractivity contribution is 6.02.